The van der Waals surface area contributed by atoms with Gasteiger partial charge in [-0.05, 0) is 61.2 Å². The second-order valence-electron chi connectivity index (χ2n) is 6.08. The van der Waals surface area contributed by atoms with Crippen molar-refractivity contribution in [3.05, 3.63) is 64.1 Å². The van der Waals surface area contributed by atoms with Gasteiger partial charge in [0.2, 0.25) is 5.91 Å². The van der Waals surface area contributed by atoms with Gasteiger partial charge in [-0.3, -0.25) is 4.79 Å². The van der Waals surface area contributed by atoms with Crippen molar-refractivity contribution >= 4 is 38.9 Å². The minimum absolute atomic E-state index is 0.127. The number of halogens is 2. The summed E-state index contributed by atoms with van der Waals surface area (Å²) in [5.41, 5.74) is 1.02. The smallest absolute Gasteiger partial charge is 0.241 e. The minimum atomic E-state index is -3.73. The van der Waals surface area contributed by atoms with Crippen LogP contribution in [0.2, 0.25) is 10.0 Å². The lowest BCUT2D eigenvalue weighted by Gasteiger charge is -2.16. The zero-order valence-corrected chi connectivity index (χ0v) is 15.7. The van der Waals surface area contributed by atoms with Gasteiger partial charge < -0.3 is 5.32 Å². The Labute approximate surface area is 157 Å². The zero-order valence-electron chi connectivity index (χ0n) is 13.3. The molecule has 0 saturated heterocycles. The fraction of sp³-hybridized carbons (Fsp3) is 0.278. The quantitative estimate of drug-likeness (QED) is 0.808. The Morgan fingerprint density at radius 3 is 2.00 bits per heavy atom. The predicted octanol–water partition coefficient (Wildman–Crippen LogP) is 3.66. The first-order valence-corrected chi connectivity index (χ1v) is 10.1. The van der Waals surface area contributed by atoms with Gasteiger partial charge in [0.25, 0.3) is 0 Å². The number of carbonyl (C=O) groups is 1. The lowest BCUT2D eigenvalue weighted by Crippen LogP contribution is -2.42. The maximum atomic E-state index is 12.8. The molecule has 0 spiro atoms. The fourth-order valence-electron chi connectivity index (χ4n) is 2.70. The summed E-state index contributed by atoms with van der Waals surface area (Å²) in [5, 5.41) is 3.87. The highest BCUT2D eigenvalue weighted by atomic mass is 35.5. The molecule has 1 aliphatic rings. The summed E-state index contributed by atoms with van der Waals surface area (Å²) in [4.78, 5) is 12.6. The molecule has 132 valence electrons. The molecule has 0 unspecified atom stereocenters. The van der Waals surface area contributed by atoms with E-state index in [1.165, 1.54) is 24.3 Å². The highest BCUT2D eigenvalue weighted by Gasteiger charge is 2.61. The summed E-state index contributed by atoms with van der Waals surface area (Å²) in [6.07, 6.45) is 1.29. The number of benzene rings is 2. The first-order valence-electron chi connectivity index (χ1n) is 7.88. The largest absolute Gasteiger partial charge is 0.354 e. The summed E-state index contributed by atoms with van der Waals surface area (Å²) in [7, 11) is -3.73. The van der Waals surface area contributed by atoms with Gasteiger partial charge in [0.1, 0.15) is 0 Å². The van der Waals surface area contributed by atoms with Crippen molar-refractivity contribution in [3.8, 4) is 0 Å². The number of rotatable bonds is 6. The number of amides is 1. The summed E-state index contributed by atoms with van der Waals surface area (Å²) < 4.78 is 24.3. The van der Waals surface area contributed by atoms with Crippen LogP contribution in [0.1, 0.15) is 18.4 Å². The highest BCUT2D eigenvalue weighted by molar-refractivity contribution is 7.94. The van der Waals surface area contributed by atoms with Crippen molar-refractivity contribution in [1.82, 2.24) is 5.32 Å². The van der Waals surface area contributed by atoms with Crippen LogP contribution in [-0.4, -0.2) is 25.6 Å². The van der Waals surface area contributed by atoms with Gasteiger partial charge in [-0.2, -0.15) is 0 Å². The molecule has 0 atom stereocenters. The van der Waals surface area contributed by atoms with Gasteiger partial charge in [0, 0.05) is 16.6 Å². The maximum Gasteiger partial charge on any atom is 0.241 e. The molecule has 0 radical (unpaired) electrons. The van der Waals surface area contributed by atoms with Crippen molar-refractivity contribution in [3.63, 3.8) is 0 Å². The van der Waals surface area contributed by atoms with Crippen molar-refractivity contribution in [2.24, 2.45) is 0 Å². The Morgan fingerprint density at radius 1 is 0.960 bits per heavy atom. The molecule has 0 aliphatic heterocycles. The average Bonchev–Trinajstić information content (AvgIpc) is 3.39. The van der Waals surface area contributed by atoms with Crippen molar-refractivity contribution in [1.29, 1.82) is 0 Å². The van der Waals surface area contributed by atoms with Gasteiger partial charge >= 0.3 is 0 Å². The van der Waals surface area contributed by atoms with Crippen LogP contribution in [0.15, 0.2) is 53.4 Å². The van der Waals surface area contributed by atoms with Crippen LogP contribution in [-0.2, 0) is 21.1 Å². The van der Waals surface area contributed by atoms with E-state index in [0.717, 1.165) is 5.56 Å². The van der Waals surface area contributed by atoms with Gasteiger partial charge in [-0.15, -0.1) is 0 Å². The van der Waals surface area contributed by atoms with Crippen LogP contribution in [0.5, 0.6) is 0 Å². The molecule has 0 aromatic heterocycles. The Bertz CT molecular complexity index is 874. The summed E-state index contributed by atoms with van der Waals surface area (Å²) >= 11 is 11.6. The molecule has 1 N–H and O–H groups in total. The van der Waals surface area contributed by atoms with Gasteiger partial charge in [-0.25, -0.2) is 8.42 Å². The molecule has 1 aliphatic carbocycles. The molecule has 7 heteroatoms. The topological polar surface area (TPSA) is 63.2 Å². The van der Waals surface area contributed by atoms with Crippen LogP contribution in [0.3, 0.4) is 0 Å². The molecule has 1 amide bonds. The molecule has 2 aromatic rings. The van der Waals surface area contributed by atoms with E-state index < -0.39 is 20.5 Å². The van der Waals surface area contributed by atoms with E-state index in [4.69, 9.17) is 23.2 Å². The standard InChI is InChI=1S/C18H17Cl2NO3S/c19-14-3-1-13(2-4-14)9-12-21-17(22)18(10-11-18)25(23,24)16-7-5-15(20)6-8-16/h1-8H,9-12H2,(H,21,22). The predicted molar refractivity (Wildman–Crippen MR) is 98.8 cm³/mol. The van der Waals surface area contributed by atoms with E-state index in [1.54, 1.807) is 12.1 Å². The van der Waals surface area contributed by atoms with E-state index in [1.807, 2.05) is 12.1 Å². The zero-order chi connectivity index (χ0) is 18.1. The third kappa shape index (κ3) is 3.68. The molecule has 3 rings (SSSR count). The molecule has 1 saturated carbocycles. The van der Waals surface area contributed by atoms with Crippen LogP contribution in [0.4, 0.5) is 0 Å². The Kier molecular flexibility index (Phi) is 5.09. The molecular formula is C18H17Cl2NO3S. The number of hydrogen-bond donors (Lipinski definition) is 1. The van der Waals surface area contributed by atoms with Crippen molar-refractivity contribution in [2.75, 3.05) is 6.54 Å². The number of hydrogen-bond acceptors (Lipinski definition) is 3. The Hall–Kier alpha value is -1.56. The van der Waals surface area contributed by atoms with E-state index in [-0.39, 0.29) is 4.90 Å². The van der Waals surface area contributed by atoms with Gasteiger partial charge in [0.05, 0.1) is 4.90 Å². The second-order valence-corrected chi connectivity index (χ2v) is 9.22. The summed E-state index contributed by atoms with van der Waals surface area (Å²) in [5.74, 6) is -0.434. The Balaban J connectivity index is 1.66. The molecular weight excluding hydrogens is 381 g/mol. The van der Waals surface area contributed by atoms with E-state index in [2.05, 4.69) is 5.32 Å². The Morgan fingerprint density at radius 2 is 1.48 bits per heavy atom. The highest BCUT2D eigenvalue weighted by Crippen LogP contribution is 2.47. The van der Waals surface area contributed by atoms with Crippen LogP contribution >= 0.6 is 23.2 Å². The molecule has 0 heterocycles. The van der Waals surface area contributed by atoms with Crippen LogP contribution in [0.25, 0.3) is 0 Å². The lowest BCUT2D eigenvalue weighted by molar-refractivity contribution is -0.121. The summed E-state index contributed by atoms with van der Waals surface area (Å²) in [6.45, 7) is 0.373. The van der Waals surface area contributed by atoms with Crippen LogP contribution < -0.4 is 5.32 Å². The normalized spacial score (nSPS) is 15.6. The number of carbonyl (C=O) groups excluding carboxylic acids is 1. The van der Waals surface area contributed by atoms with E-state index in [9.17, 15) is 13.2 Å². The first-order chi connectivity index (χ1) is 11.8. The third-order valence-electron chi connectivity index (χ3n) is 4.37. The molecule has 4 nitrogen and oxygen atoms in total. The van der Waals surface area contributed by atoms with Crippen molar-refractivity contribution in [2.45, 2.75) is 28.9 Å². The lowest BCUT2D eigenvalue weighted by atomic mass is 10.1. The molecule has 0 bridgehead atoms. The van der Waals surface area contributed by atoms with Crippen LogP contribution in [0, 0.1) is 0 Å². The van der Waals surface area contributed by atoms with E-state index in [0.29, 0.717) is 35.9 Å². The molecule has 25 heavy (non-hydrogen) atoms. The monoisotopic (exact) mass is 397 g/mol. The minimum Gasteiger partial charge on any atom is -0.354 e. The SMILES string of the molecule is O=C(NCCc1ccc(Cl)cc1)C1(S(=O)(=O)c2ccc(Cl)cc2)CC1. The summed E-state index contributed by atoms with van der Waals surface area (Å²) in [6, 6.07) is 13.2. The fourth-order valence-corrected chi connectivity index (χ4v) is 4.86. The van der Waals surface area contributed by atoms with Crippen molar-refractivity contribution < 1.29 is 13.2 Å². The van der Waals surface area contributed by atoms with E-state index >= 15 is 0 Å². The van der Waals surface area contributed by atoms with Gasteiger partial charge in [0.15, 0.2) is 14.6 Å². The second kappa shape index (κ2) is 6.98. The van der Waals surface area contributed by atoms with Gasteiger partial charge in [-0.1, -0.05) is 35.3 Å². The molecule has 1 fully saturated rings. The molecule has 2 aromatic carbocycles. The first kappa shape index (κ1) is 18.2. The third-order valence-corrected chi connectivity index (χ3v) is 7.39. The number of nitrogens with one attached hydrogen (secondary N) is 1. The average molecular weight is 398 g/mol. The number of sulfone groups is 1. The maximum absolute atomic E-state index is 12.8.